The van der Waals surface area contributed by atoms with Gasteiger partial charge in [-0.3, -0.25) is 0 Å². The Morgan fingerprint density at radius 2 is 1.52 bits per heavy atom. The van der Waals surface area contributed by atoms with Crippen molar-refractivity contribution in [2.24, 2.45) is 4.99 Å². The van der Waals surface area contributed by atoms with Crippen LogP contribution in [0.25, 0.3) is 24.3 Å². The van der Waals surface area contributed by atoms with Gasteiger partial charge in [0.2, 0.25) is 0 Å². The first-order valence-electron chi connectivity index (χ1n) is 8.25. The van der Waals surface area contributed by atoms with Gasteiger partial charge in [0.1, 0.15) is 0 Å². The summed E-state index contributed by atoms with van der Waals surface area (Å²) >= 11 is 0. The van der Waals surface area contributed by atoms with Crippen molar-refractivity contribution in [2.75, 3.05) is 0 Å². The van der Waals surface area contributed by atoms with Crippen LogP contribution >= 0.6 is 0 Å². The Balaban J connectivity index is 1.84. The SMILES string of the molecule is C=C1C=c2cc/c([nH]2)=C/C2=NC(=C\c3ccc([nH]3)/C=C(C)/C=C\1)/C=C2. The first-order valence-corrected chi connectivity index (χ1v) is 8.25. The zero-order valence-corrected chi connectivity index (χ0v) is 14.1. The van der Waals surface area contributed by atoms with E-state index in [1.807, 2.05) is 48.6 Å². The van der Waals surface area contributed by atoms with E-state index in [0.717, 1.165) is 44.6 Å². The maximum atomic E-state index is 4.65. The maximum absolute atomic E-state index is 4.65. The van der Waals surface area contributed by atoms with Crippen molar-refractivity contribution in [1.82, 2.24) is 9.97 Å². The number of allylic oxidation sites excluding steroid dienone is 6. The summed E-state index contributed by atoms with van der Waals surface area (Å²) in [5.74, 6) is 0. The van der Waals surface area contributed by atoms with Crippen LogP contribution < -0.4 is 10.7 Å². The molecule has 3 heteroatoms. The zero-order valence-electron chi connectivity index (χ0n) is 14.1. The van der Waals surface area contributed by atoms with Crippen molar-refractivity contribution in [3.05, 3.63) is 94.1 Å². The number of aromatic nitrogens is 2. The van der Waals surface area contributed by atoms with E-state index in [1.165, 1.54) is 0 Å². The Morgan fingerprint density at radius 3 is 2.36 bits per heavy atom. The molecule has 0 atom stereocenters. The molecule has 0 fully saturated rings. The standard InChI is InChI=1S/C22H19N3/c1-15-3-4-16(2)12-18-6-8-20(24-18)14-22-10-9-21(25-22)13-19-7-5-17(11-15)23-19/h3-14,23-24H,1H2,2H3/b4-3-,16-12+,17-11?,19-13-,22-14-. The van der Waals surface area contributed by atoms with E-state index < -0.39 is 0 Å². The summed E-state index contributed by atoms with van der Waals surface area (Å²) in [5.41, 5.74) is 6.08. The average Bonchev–Trinajstić information content (AvgIpc) is 3.29. The van der Waals surface area contributed by atoms with Crippen LogP contribution in [0.5, 0.6) is 0 Å². The van der Waals surface area contributed by atoms with Crippen LogP contribution in [0.4, 0.5) is 0 Å². The van der Waals surface area contributed by atoms with Gasteiger partial charge in [0.15, 0.2) is 0 Å². The lowest BCUT2D eigenvalue weighted by Gasteiger charge is -1.94. The quantitative estimate of drug-likeness (QED) is 0.745. The Hall–Kier alpha value is -3.33. The fraction of sp³-hybridized carbons (Fsp3) is 0.0455. The lowest BCUT2D eigenvalue weighted by molar-refractivity contribution is 1.27. The molecule has 6 bridgehead atoms. The Morgan fingerprint density at radius 1 is 0.760 bits per heavy atom. The van der Waals surface area contributed by atoms with Gasteiger partial charge in [-0.25, -0.2) is 4.99 Å². The fourth-order valence-corrected chi connectivity index (χ4v) is 2.85. The number of aliphatic imine (C=N–C) groups is 1. The van der Waals surface area contributed by atoms with Crippen LogP contribution in [-0.2, 0) is 0 Å². The van der Waals surface area contributed by atoms with E-state index in [0.29, 0.717) is 0 Å². The highest BCUT2D eigenvalue weighted by Crippen LogP contribution is 2.16. The van der Waals surface area contributed by atoms with Crippen LogP contribution in [0.2, 0.25) is 0 Å². The summed E-state index contributed by atoms with van der Waals surface area (Å²) in [6.45, 7) is 6.18. The molecule has 4 heterocycles. The largest absolute Gasteiger partial charge is 0.355 e. The van der Waals surface area contributed by atoms with Crippen molar-refractivity contribution < 1.29 is 0 Å². The minimum Gasteiger partial charge on any atom is -0.355 e. The third kappa shape index (κ3) is 3.61. The summed E-state index contributed by atoms with van der Waals surface area (Å²) in [7, 11) is 0. The molecule has 4 rings (SSSR count). The van der Waals surface area contributed by atoms with Crippen molar-refractivity contribution >= 4 is 30.0 Å². The summed E-state index contributed by atoms with van der Waals surface area (Å²) < 4.78 is 0. The van der Waals surface area contributed by atoms with E-state index in [4.69, 9.17) is 0 Å². The second kappa shape index (κ2) is 6.29. The molecule has 0 aliphatic carbocycles. The number of hydrogen-bond acceptors (Lipinski definition) is 1. The van der Waals surface area contributed by atoms with Crippen molar-refractivity contribution in [3.63, 3.8) is 0 Å². The second-order valence-corrected chi connectivity index (χ2v) is 6.26. The minimum absolute atomic E-state index is 0.935. The monoisotopic (exact) mass is 325 g/mol. The molecule has 0 saturated heterocycles. The Labute approximate surface area is 146 Å². The van der Waals surface area contributed by atoms with Gasteiger partial charge in [-0.1, -0.05) is 18.7 Å². The number of hydrogen-bond donors (Lipinski definition) is 2. The molecular weight excluding hydrogens is 306 g/mol. The fourth-order valence-electron chi connectivity index (χ4n) is 2.85. The van der Waals surface area contributed by atoms with Crippen LogP contribution in [-0.4, -0.2) is 15.7 Å². The van der Waals surface area contributed by atoms with Gasteiger partial charge in [0.05, 0.1) is 11.4 Å². The summed E-state index contributed by atoms with van der Waals surface area (Å²) in [5, 5.41) is 2.05. The van der Waals surface area contributed by atoms with Crippen molar-refractivity contribution in [3.8, 4) is 0 Å². The predicted molar refractivity (Wildman–Crippen MR) is 106 cm³/mol. The third-order valence-electron chi connectivity index (χ3n) is 4.04. The van der Waals surface area contributed by atoms with E-state index >= 15 is 0 Å². The van der Waals surface area contributed by atoms with Gasteiger partial charge in [-0.15, -0.1) is 0 Å². The molecule has 2 aromatic rings. The first kappa shape index (κ1) is 15.2. The van der Waals surface area contributed by atoms with Crippen molar-refractivity contribution in [2.45, 2.75) is 6.92 Å². The maximum Gasteiger partial charge on any atom is 0.0658 e. The molecule has 2 N–H and O–H groups in total. The lowest BCUT2D eigenvalue weighted by atomic mass is 10.2. The van der Waals surface area contributed by atoms with Gasteiger partial charge in [0, 0.05) is 22.1 Å². The first-order chi connectivity index (χ1) is 12.1. The van der Waals surface area contributed by atoms with E-state index in [-0.39, 0.29) is 0 Å². The predicted octanol–water partition coefficient (Wildman–Crippen LogP) is 3.49. The molecule has 122 valence electrons. The Kier molecular flexibility index (Phi) is 3.82. The number of aromatic amines is 2. The molecule has 25 heavy (non-hydrogen) atoms. The Bertz CT molecular complexity index is 1110. The molecule has 0 radical (unpaired) electrons. The highest BCUT2D eigenvalue weighted by atomic mass is 14.8. The summed E-state index contributed by atoms with van der Waals surface area (Å²) in [4.78, 5) is 11.4. The minimum atomic E-state index is 0.935. The third-order valence-corrected chi connectivity index (χ3v) is 4.04. The number of fused-ring (bicyclic) bond motifs is 5. The smallest absolute Gasteiger partial charge is 0.0658 e. The molecule has 2 aliphatic rings. The number of rotatable bonds is 0. The molecule has 2 aliphatic heterocycles. The second-order valence-electron chi connectivity index (χ2n) is 6.26. The van der Waals surface area contributed by atoms with Gasteiger partial charge < -0.3 is 9.97 Å². The van der Waals surface area contributed by atoms with Crippen LogP contribution in [0.3, 0.4) is 0 Å². The molecular formula is C22H19N3. The van der Waals surface area contributed by atoms with Gasteiger partial charge in [-0.05, 0) is 78.8 Å². The highest BCUT2D eigenvalue weighted by Gasteiger charge is 2.03. The molecule has 3 nitrogen and oxygen atoms in total. The molecule has 2 aromatic heterocycles. The summed E-state index contributed by atoms with van der Waals surface area (Å²) in [6.07, 6.45) is 16.4. The number of H-pyrrole nitrogens is 2. The number of nitrogens with zero attached hydrogens (tertiary/aromatic N) is 1. The topological polar surface area (TPSA) is 43.9 Å². The van der Waals surface area contributed by atoms with Crippen LogP contribution in [0, 0.1) is 0 Å². The number of nitrogens with one attached hydrogen (secondary N) is 2. The van der Waals surface area contributed by atoms with Gasteiger partial charge in [0.25, 0.3) is 0 Å². The molecule has 0 saturated carbocycles. The molecule has 0 aromatic carbocycles. The van der Waals surface area contributed by atoms with E-state index in [1.54, 1.807) is 0 Å². The van der Waals surface area contributed by atoms with Crippen LogP contribution in [0.15, 0.2) is 77.0 Å². The lowest BCUT2D eigenvalue weighted by Crippen LogP contribution is -2.10. The van der Waals surface area contributed by atoms with E-state index in [2.05, 4.69) is 52.7 Å². The van der Waals surface area contributed by atoms with E-state index in [9.17, 15) is 0 Å². The van der Waals surface area contributed by atoms with Crippen LogP contribution in [0.1, 0.15) is 18.3 Å². The summed E-state index contributed by atoms with van der Waals surface area (Å²) in [6, 6.07) is 8.23. The molecule has 0 amide bonds. The van der Waals surface area contributed by atoms with Crippen molar-refractivity contribution in [1.29, 1.82) is 0 Å². The molecule has 0 spiro atoms. The highest BCUT2D eigenvalue weighted by molar-refractivity contribution is 6.19. The zero-order chi connectivity index (χ0) is 17.2. The molecule has 0 unspecified atom stereocenters. The average molecular weight is 325 g/mol. The van der Waals surface area contributed by atoms with Gasteiger partial charge in [-0.2, -0.15) is 0 Å². The van der Waals surface area contributed by atoms with Gasteiger partial charge >= 0.3 is 0 Å². The normalized spacial score (nSPS) is 23.3.